The molecule has 1 rings (SSSR count). The molecule has 1 aromatic rings. The fourth-order valence-corrected chi connectivity index (χ4v) is 1.90. The number of nitrogens with zero attached hydrogens (tertiary/aromatic N) is 1. The van der Waals surface area contributed by atoms with Gasteiger partial charge in [0.25, 0.3) is 5.91 Å². The second-order valence-corrected chi connectivity index (χ2v) is 5.92. The molecule has 0 atom stereocenters. The van der Waals surface area contributed by atoms with E-state index in [1.807, 2.05) is 20.8 Å². The lowest BCUT2D eigenvalue weighted by Gasteiger charge is -2.26. The summed E-state index contributed by atoms with van der Waals surface area (Å²) in [5, 5.41) is 0. The van der Waals surface area contributed by atoms with Crippen molar-refractivity contribution in [3.8, 4) is 11.8 Å². The van der Waals surface area contributed by atoms with Crippen molar-refractivity contribution in [1.82, 2.24) is 4.90 Å². The van der Waals surface area contributed by atoms with Gasteiger partial charge in [0.05, 0.1) is 12.1 Å². The smallest absolute Gasteiger partial charge is 0.253 e. The van der Waals surface area contributed by atoms with Crippen molar-refractivity contribution in [3.05, 3.63) is 35.1 Å². The molecule has 20 heavy (non-hydrogen) atoms. The van der Waals surface area contributed by atoms with E-state index in [2.05, 4.69) is 11.8 Å². The zero-order valence-corrected chi connectivity index (χ0v) is 12.5. The van der Waals surface area contributed by atoms with E-state index in [9.17, 15) is 9.18 Å². The minimum Gasteiger partial charge on any atom is -0.341 e. The van der Waals surface area contributed by atoms with E-state index in [-0.39, 0.29) is 23.4 Å². The summed E-state index contributed by atoms with van der Waals surface area (Å²) in [5.41, 5.74) is 5.82. The van der Waals surface area contributed by atoms with E-state index in [4.69, 9.17) is 5.73 Å². The Labute approximate surface area is 120 Å². The van der Waals surface area contributed by atoms with Crippen molar-refractivity contribution in [2.24, 2.45) is 11.1 Å². The minimum atomic E-state index is -0.499. The molecule has 0 unspecified atom stereocenters. The van der Waals surface area contributed by atoms with Crippen LogP contribution in [0.15, 0.2) is 18.2 Å². The lowest BCUT2D eigenvalue weighted by atomic mass is 9.96. The van der Waals surface area contributed by atoms with Crippen LogP contribution in [0.3, 0.4) is 0 Å². The second kappa shape index (κ2) is 6.53. The Morgan fingerprint density at radius 1 is 1.40 bits per heavy atom. The molecule has 0 saturated carbocycles. The predicted octanol–water partition coefficient (Wildman–Crippen LogP) is 2.25. The molecule has 2 N–H and O–H groups in total. The standard InChI is InChI=1S/C16H21FN2O/c1-16(2,3)11-19(4)15(20)13-8-7-12(6-5-9-18)14(17)10-13/h7-8,10H,9,11,18H2,1-4H3. The largest absolute Gasteiger partial charge is 0.341 e. The normalized spacial score (nSPS) is 10.7. The van der Waals surface area contributed by atoms with Gasteiger partial charge >= 0.3 is 0 Å². The van der Waals surface area contributed by atoms with E-state index in [0.717, 1.165) is 0 Å². The summed E-state index contributed by atoms with van der Waals surface area (Å²) in [6.07, 6.45) is 0. The van der Waals surface area contributed by atoms with Gasteiger partial charge in [-0.25, -0.2) is 4.39 Å². The summed E-state index contributed by atoms with van der Waals surface area (Å²) in [4.78, 5) is 13.8. The Bertz CT molecular complexity index is 550. The highest BCUT2D eigenvalue weighted by Crippen LogP contribution is 2.17. The maximum atomic E-state index is 13.8. The monoisotopic (exact) mass is 276 g/mol. The van der Waals surface area contributed by atoms with Gasteiger partial charge in [-0.3, -0.25) is 4.79 Å². The van der Waals surface area contributed by atoms with Crippen molar-refractivity contribution in [2.75, 3.05) is 20.1 Å². The first-order valence-electron chi connectivity index (χ1n) is 6.48. The fraction of sp³-hybridized carbons (Fsp3) is 0.438. The number of halogens is 1. The topological polar surface area (TPSA) is 46.3 Å². The highest BCUT2D eigenvalue weighted by molar-refractivity contribution is 5.94. The van der Waals surface area contributed by atoms with Crippen molar-refractivity contribution >= 4 is 5.91 Å². The highest BCUT2D eigenvalue weighted by atomic mass is 19.1. The van der Waals surface area contributed by atoms with Crippen molar-refractivity contribution in [1.29, 1.82) is 0 Å². The Morgan fingerprint density at radius 2 is 2.05 bits per heavy atom. The number of rotatable bonds is 2. The van der Waals surface area contributed by atoms with Crippen LogP contribution in [0.4, 0.5) is 4.39 Å². The number of hydrogen-bond donors (Lipinski definition) is 1. The molecule has 0 saturated heterocycles. The molecular formula is C16H21FN2O. The molecule has 0 heterocycles. The van der Waals surface area contributed by atoms with Crippen LogP contribution in [0.1, 0.15) is 36.7 Å². The third kappa shape index (κ3) is 4.67. The Balaban J connectivity index is 2.92. The Hall–Kier alpha value is -1.86. The molecule has 0 fully saturated rings. The summed E-state index contributed by atoms with van der Waals surface area (Å²) >= 11 is 0. The average molecular weight is 276 g/mol. The maximum Gasteiger partial charge on any atom is 0.253 e. The van der Waals surface area contributed by atoms with Gasteiger partial charge in [0.2, 0.25) is 0 Å². The number of carbonyl (C=O) groups is 1. The number of amides is 1. The van der Waals surface area contributed by atoms with Crippen LogP contribution in [0.2, 0.25) is 0 Å². The summed E-state index contributed by atoms with van der Waals surface area (Å²) < 4.78 is 13.8. The van der Waals surface area contributed by atoms with Crippen LogP contribution < -0.4 is 5.73 Å². The molecule has 0 aliphatic rings. The summed E-state index contributed by atoms with van der Waals surface area (Å²) in [7, 11) is 1.72. The summed E-state index contributed by atoms with van der Waals surface area (Å²) in [6.45, 7) is 6.91. The molecule has 3 nitrogen and oxygen atoms in total. The molecule has 4 heteroatoms. The van der Waals surface area contributed by atoms with Crippen LogP contribution in [-0.4, -0.2) is 30.9 Å². The molecule has 0 aliphatic carbocycles. The van der Waals surface area contributed by atoms with E-state index in [1.54, 1.807) is 18.0 Å². The number of carbonyl (C=O) groups excluding carboxylic acids is 1. The molecule has 0 aromatic heterocycles. The quantitative estimate of drug-likeness (QED) is 0.842. The van der Waals surface area contributed by atoms with E-state index < -0.39 is 5.82 Å². The highest BCUT2D eigenvalue weighted by Gasteiger charge is 2.19. The molecule has 0 aliphatic heterocycles. The maximum absolute atomic E-state index is 13.8. The van der Waals surface area contributed by atoms with Crippen LogP contribution in [0.5, 0.6) is 0 Å². The molecule has 0 spiro atoms. The first kappa shape index (κ1) is 16.2. The van der Waals surface area contributed by atoms with Gasteiger partial charge in [0.15, 0.2) is 0 Å². The van der Waals surface area contributed by atoms with Crippen LogP contribution >= 0.6 is 0 Å². The van der Waals surface area contributed by atoms with E-state index >= 15 is 0 Å². The van der Waals surface area contributed by atoms with Gasteiger partial charge in [0, 0.05) is 19.2 Å². The Morgan fingerprint density at radius 3 is 2.55 bits per heavy atom. The minimum absolute atomic E-state index is 0.00447. The number of benzene rings is 1. The van der Waals surface area contributed by atoms with Crippen molar-refractivity contribution < 1.29 is 9.18 Å². The van der Waals surface area contributed by atoms with Crippen LogP contribution in [-0.2, 0) is 0 Å². The average Bonchev–Trinajstić information content (AvgIpc) is 2.34. The first-order chi connectivity index (χ1) is 9.24. The number of nitrogens with two attached hydrogens (primary N) is 1. The zero-order chi connectivity index (χ0) is 15.3. The van der Waals surface area contributed by atoms with Crippen molar-refractivity contribution in [2.45, 2.75) is 20.8 Å². The third-order valence-corrected chi connectivity index (χ3v) is 2.60. The lowest BCUT2D eigenvalue weighted by molar-refractivity contribution is 0.0745. The van der Waals surface area contributed by atoms with Crippen molar-refractivity contribution in [3.63, 3.8) is 0 Å². The molecule has 108 valence electrons. The lowest BCUT2D eigenvalue weighted by Crippen LogP contribution is -2.34. The summed E-state index contributed by atoms with van der Waals surface area (Å²) in [5.74, 6) is 4.53. The number of hydrogen-bond acceptors (Lipinski definition) is 2. The van der Waals surface area contributed by atoms with Gasteiger partial charge in [-0.15, -0.1) is 0 Å². The molecule has 0 radical (unpaired) electrons. The molecule has 0 bridgehead atoms. The van der Waals surface area contributed by atoms with Gasteiger partial charge in [-0.1, -0.05) is 32.6 Å². The van der Waals surface area contributed by atoms with Gasteiger partial charge in [-0.05, 0) is 23.6 Å². The van der Waals surface area contributed by atoms with Gasteiger partial charge in [0.1, 0.15) is 5.82 Å². The second-order valence-electron chi connectivity index (χ2n) is 5.92. The molecular weight excluding hydrogens is 255 g/mol. The van der Waals surface area contributed by atoms with Crippen LogP contribution in [0, 0.1) is 23.1 Å². The zero-order valence-electron chi connectivity index (χ0n) is 12.5. The first-order valence-corrected chi connectivity index (χ1v) is 6.48. The SMILES string of the molecule is CN(CC(C)(C)C)C(=O)c1ccc(C#CCN)c(F)c1. The van der Waals surface area contributed by atoms with E-state index in [1.165, 1.54) is 12.1 Å². The summed E-state index contributed by atoms with van der Waals surface area (Å²) in [6, 6.07) is 4.32. The van der Waals surface area contributed by atoms with Gasteiger partial charge in [-0.2, -0.15) is 0 Å². The Kier molecular flexibility index (Phi) is 5.29. The third-order valence-electron chi connectivity index (χ3n) is 2.60. The predicted molar refractivity (Wildman–Crippen MR) is 78.7 cm³/mol. The molecule has 1 amide bonds. The van der Waals surface area contributed by atoms with Crippen LogP contribution in [0.25, 0.3) is 0 Å². The molecule has 1 aromatic carbocycles. The van der Waals surface area contributed by atoms with E-state index in [0.29, 0.717) is 12.1 Å². The fourth-order valence-electron chi connectivity index (χ4n) is 1.90. The van der Waals surface area contributed by atoms with Gasteiger partial charge < -0.3 is 10.6 Å².